The van der Waals surface area contributed by atoms with E-state index in [-0.39, 0.29) is 23.9 Å². The van der Waals surface area contributed by atoms with Gasteiger partial charge in [-0.15, -0.1) is 11.3 Å². The highest BCUT2D eigenvalue weighted by Gasteiger charge is 2.29. The molecule has 1 aliphatic rings. The molecule has 0 spiro atoms. The van der Waals surface area contributed by atoms with E-state index in [1.165, 1.54) is 16.0 Å². The van der Waals surface area contributed by atoms with Crippen molar-refractivity contribution in [3.8, 4) is 0 Å². The van der Waals surface area contributed by atoms with Crippen molar-refractivity contribution in [2.75, 3.05) is 5.32 Å². The highest BCUT2D eigenvalue weighted by molar-refractivity contribution is 7.18. The largest absolute Gasteiger partial charge is 0.323 e. The molecule has 0 aromatic carbocycles. The number of nitrogens with zero attached hydrogens (tertiary/aromatic N) is 6. The molecular formula is C20H21N7O2S. The predicted octanol–water partition coefficient (Wildman–Crippen LogP) is 2.84. The van der Waals surface area contributed by atoms with Gasteiger partial charge in [-0.05, 0) is 37.8 Å². The molecule has 4 aromatic heterocycles. The van der Waals surface area contributed by atoms with Gasteiger partial charge in [-0.1, -0.05) is 13.8 Å². The molecule has 1 aliphatic carbocycles. The quantitative estimate of drug-likeness (QED) is 0.529. The number of rotatable bonds is 5. The Hall–Kier alpha value is -3.14. The molecule has 10 heteroatoms. The lowest BCUT2D eigenvalue weighted by Crippen LogP contribution is -2.30. The first-order valence-corrected chi connectivity index (χ1v) is 10.7. The van der Waals surface area contributed by atoms with Crippen LogP contribution in [0.25, 0.3) is 15.9 Å². The second kappa shape index (κ2) is 6.98. The standard InChI is InChI=1S/C20H21N7O2S/c1-10(2)16-17-18(30-19(23-17)12-4-5-12)20(29)27(25-16)9-15(28)22-13-6-7-14-21-11(3)24-26(14)8-13/h6-8,10,12H,4-5,9H2,1-3H3,(H,22,28). The minimum absolute atomic E-state index is 0.0922. The lowest BCUT2D eigenvalue weighted by atomic mass is 10.1. The van der Waals surface area contributed by atoms with Crippen molar-refractivity contribution < 1.29 is 4.79 Å². The summed E-state index contributed by atoms with van der Waals surface area (Å²) in [5, 5.41) is 12.5. The van der Waals surface area contributed by atoms with Crippen LogP contribution in [0.4, 0.5) is 5.69 Å². The van der Waals surface area contributed by atoms with Crippen molar-refractivity contribution in [3.63, 3.8) is 0 Å². The van der Waals surface area contributed by atoms with Gasteiger partial charge in [0.05, 0.1) is 22.6 Å². The second-order valence-corrected chi connectivity index (χ2v) is 8.97. The van der Waals surface area contributed by atoms with Crippen LogP contribution in [0.3, 0.4) is 0 Å². The average molecular weight is 424 g/mol. The first-order chi connectivity index (χ1) is 14.4. The molecule has 5 rings (SSSR count). The summed E-state index contributed by atoms with van der Waals surface area (Å²) in [7, 11) is 0. The van der Waals surface area contributed by atoms with Crippen LogP contribution in [-0.2, 0) is 11.3 Å². The van der Waals surface area contributed by atoms with E-state index < -0.39 is 0 Å². The third-order valence-corrected chi connectivity index (χ3v) is 6.24. The highest BCUT2D eigenvalue weighted by atomic mass is 32.1. The van der Waals surface area contributed by atoms with Gasteiger partial charge >= 0.3 is 0 Å². The number of fused-ring (bicyclic) bond motifs is 2. The number of hydrogen-bond donors (Lipinski definition) is 1. The zero-order chi connectivity index (χ0) is 21.0. The maximum Gasteiger partial charge on any atom is 0.286 e. The van der Waals surface area contributed by atoms with Gasteiger partial charge in [0.15, 0.2) is 5.65 Å². The molecular weight excluding hydrogens is 402 g/mol. The molecule has 30 heavy (non-hydrogen) atoms. The number of amides is 1. The number of pyridine rings is 1. The van der Waals surface area contributed by atoms with E-state index in [1.807, 2.05) is 13.8 Å². The molecule has 1 saturated carbocycles. The van der Waals surface area contributed by atoms with Crippen LogP contribution in [0.5, 0.6) is 0 Å². The maximum atomic E-state index is 13.0. The van der Waals surface area contributed by atoms with Crippen molar-refractivity contribution >= 4 is 38.8 Å². The SMILES string of the molecule is Cc1nc2ccc(NC(=O)Cn3nc(C(C)C)c4nc(C5CC5)sc4c3=O)cn2n1. The molecule has 1 N–H and O–H groups in total. The summed E-state index contributed by atoms with van der Waals surface area (Å²) in [5.74, 6) is 0.879. The van der Waals surface area contributed by atoms with Crippen molar-refractivity contribution in [2.45, 2.75) is 52.0 Å². The summed E-state index contributed by atoms with van der Waals surface area (Å²) in [6.07, 6.45) is 3.93. The minimum Gasteiger partial charge on any atom is -0.323 e. The van der Waals surface area contributed by atoms with Gasteiger partial charge in [0.25, 0.3) is 5.56 Å². The summed E-state index contributed by atoms with van der Waals surface area (Å²) in [4.78, 5) is 34.6. The molecule has 0 unspecified atom stereocenters. The lowest BCUT2D eigenvalue weighted by molar-refractivity contribution is -0.117. The molecule has 154 valence electrons. The number of carbonyl (C=O) groups is 1. The number of aryl methyl sites for hydroxylation is 1. The Labute approximate surface area is 175 Å². The van der Waals surface area contributed by atoms with Gasteiger partial charge in [-0.2, -0.15) is 10.2 Å². The van der Waals surface area contributed by atoms with Gasteiger partial charge in [0.1, 0.15) is 22.6 Å². The van der Waals surface area contributed by atoms with Crippen molar-refractivity contribution in [2.24, 2.45) is 0 Å². The van der Waals surface area contributed by atoms with Gasteiger partial charge in [0.2, 0.25) is 5.91 Å². The summed E-state index contributed by atoms with van der Waals surface area (Å²) in [6.45, 7) is 5.67. The highest BCUT2D eigenvalue weighted by Crippen LogP contribution is 2.43. The Morgan fingerprint density at radius 2 is 2.07 bits per heavy atom. The van der Waals surface area contributed by atoms with E-state index in [1.54, 1.807) is 29.8 Å². The topological polar surface area (TPSA) is 107 Å². The summed E-state index contributed by atoms with van der Waals surface area (Å²) >= 11 is 1.44. The van der Waals surface area contributed by atoms with Crippen LogP contribution in [0, 0.1) is 6.92 Å². The zero-order valence-corrected chi connectivity index (χ0v) is 17.7. The average Bonchev–Trinajstić information content (AvgIpc) is 3.33. The molecule has 0 saturated heterocycles. The number of anilines is 1. The number of nitrogens with one attached hydrogen (secondary N) is 1. The predicted molar refractivity (Wildman–Crippen MR) is 114 cm³/mol. The fourth-order valence-corrected chi connectivity index (χ4v) is 4.59. The summed E-state index contributed by atoms with van der Waals surface area (Å²) in [6, 6.07) is 3.53. The molecule has 4 heterocycles. The first-order valence-electron chi connectivity index (χ1n) is 9.93. The van der Waals surface area contributed by atoms with Crippen molar-refractivity contribution in [1.82, 2.24) is 29.4 Å². The number of thiazole rings is 1. The van der Waals surface area contributed by atoms with Crippen molar-refractivity contribution in [1.29, 1.82) is 0 Å². The van der Waals surface area contributed by atoms with Crippen LogP contribution in [0.15, 0.2) is 23.1 Å². The molecule has 9 nitrogen and oxygen atoms in total. The Morgan fingerprint density at radius 3 is 2.80 bits per heavy atom. The normalized spacial score (nSPS) is 14.1. The molecule has 0 atom stereocenters. The van der Waals surface area contributed by atoms with Gasteiger partial charge in [0, 0.05) is 5.92 Å². The molecule has 0 bridgehead atoms. The van der Waals surface area contributed by atoms with Crippen LogP contribution >= 0.6 is 11.3 Å². The molecule has 1 fully saturated rings. The smallest absolute Gasteiger partial charge is 0.286 e. The van der Waals surface area contributed by atoms with Gasteiger partial charge in [-0.25, -0.2) is 19.2 Å². The van der Waals surface area contributed by atoms with E-state index in [0.717, 1.165) is 23.5 Å². The summed E-state index contributed by atoms with van der Waals surface area (Å²) < 4.78 is 3.44. The maximum absolute atomic E-state index is 13.0. The first kappa shape index (κ1) is 18.9. The van der Waals surface area contributed by atoms with E-state index >= 15 is 0 Å². The van der Waals surface area contributed by atoms with Crippen LogP contribution in [0.1, 0.15) is 55.1 Å². The number of hydrogen-bond acceptors (Lipinski definition) is 7. The minimum atomic E-state index is -0.332. The summed E-state index contributed by atoms with van der Waals surface area (Å²) in [5.41, 5.74) is 2.44. The lowest BCUT2D eigenvalue weighted by Gasteiger charge is -2.11. The third kappa shape index (κ3) is 3.36. The Kier molecular flexibility index (Phi) is 4.39. The zero-order valence-electron chi connectivity index (χ0n) is 16.9. The fraction of sp³-hybridized carbons (Fsp3) is 0.400. The molecule has 0 radical (unpaired) electrons. The number of aromatic nitrogens is 6. The van der Waals surface area contributed by atoms with Gasteiger partial charge < -0.3 is 5.32 Å². The Morgan fingerprint density at radius 1 is 1.27 bits per heavy atom. The molecule has 0 aliphatic heterocycles. The van der Waals surface area contributed by atoms with E-state index in [9.17, 15) is 9.59 Å². The third-order valence-electron chi connectivity index (χ3n) is 5.03. The van der Waals surface area contributed by atoms with E-state index in [2.05, 4.69) is 20.5 Å². The van der Waals surface area contributed by atoms with Gasteiger partial charge in [-0.3, -0.25) is 9.59 Å². The van der Waals surface area contributed by atoms with E-state index in [4.69, 9.17) is 4.98 Å². The second-order valence-electron chi connectivity index (χ2n) is 7.93. The molecule has 1 amide bonds. The van der Waals surface area contributed by atoms with Crippen molar-refractivity contribution in [3.05, 3.63) is 45.2 Å². The Bertz CT molecular complexity index is 1350. The van der Waals surface area contributed by atoms with Crippen LogP contribution < -0.4 is 10.9 Å². The monoisotopic (exact) mass is 423 g/mol. The van der Waals surface area contributed by atoms with E-state index in [0.29, 0.717) is 33.3 Å². The fourth-order valence-electron chi connectivity index (χ4n) is 3.40. The number of carbonyl (C=O) groups excluding carboxylic acids is 1. The van der Waals surface area contributed by atoms with Crippen LogP contribution in [0.2, 0.25) is 0 Å². The van der Waals surface area contributed by atoms with Crippen LogP contribution in [-0.4, -0.2) is 35.3 Å². The Balaban J connectivity index is 1.45. The molecule has 4 aromatic rings.